The number of methoxy groups -OCH3 is 1. The van der Waals surface area contributed by atoms with Crippen molar-refractivity contribution >= 4 is 11.9 Å². The van der Waals surface area contributed by atoms with Crippen LogP contribution in [0.25, 0.3) is 0 Å². The lowest BCUT2D eigenvalue weighted by Gasteiger charge is -2.08. The SMILES string of the molecule is COC(=O)c1ccc(COC(=O)c2ccc(C)cc2C)cc1. The molecule has 114 valence electrons. The zero-order valence-electron chi connectivity index (χ0n) is 12.9. The molecule has 0 fully saturated rings. The highest BCUT2D eigenvalue weighted by molar-refractivity contribution is 5.91. The first-order chi connectivity index (χ1) is 10.5. The van der Waals surface area contributed by atoms with Gasteiger partial charge in [-0.2, -0.15) is 0 Å². The lowest BCUT2D eigenvalue weighted by Crippen LogP contribution is -2.07. The Bertz CT molecular complexity index is 687. The Labute approximate surface area is 129 Å². The highest BCUT2D eigenvalue weighted by atomic mass is 16.5. The van der Waals surface area contributed by atoms with Gasteiger partial charge in [-0.15, -0.1) is 0 Å². The summed E-state index contributed by atoms with van der Waals surface area (Å²) in [6.45, 7) is 4.02. The third-order valence-electron chi connectivity index (χ3n) is 3.35. The van der Waals surface area contributed by atoms with E-state index < -0.39 is 0 Å². The summed E-state index contributed by atoms with van der Waals surface area (Å²) in [7, 11) is 1.34. The van der Waals surface area contributed by atoms with Crippen LogP contribution >= 0.6 is 0 Å². The summed E-state index contributed by atoms with van der Waals surface area (Å²) in [5.74, 6) is -0.742. The van der Waals surface area contributed by atoms with Crippen molar-refractivity contribution in [2.75, 3.05) is 7.11 Å². The van der Waals surface area contributed by atoms with Gasteiger partial charge in [-0.3, -0.25) is 0 Å². The second-order valence-corrected chi connectivity index (χ2v) is 5.08. The number of carbonyl (C=O) groups excluding carboxylic acids is 2. The molecule has 0 aliphatic heterocycles. The number of benzene rings is 2. The molecule has 0 bridgehead atoms. The zero-order chi connectivity index (χ0) is 16.1. The smallest absolute Gasteiger partial charge is 0.338 e. The Hall–Kier alpha value is -2.62. The fourth-order valence-corrected chi connectivity index (χ4v) is 2.12. The second-order valence-electron chi connectivity index (χ2n) is 5.08. The second kappa shape index (κ2) is 6.89. The molecule has 0 heterocycles. The minimum Gasteiger partial charge on any atom is -0.465 e. The van der Waals surface area contributed by atoms with Gasteiger partial charge >= 0.3 is 11.9 Å². The van der Waals surface area contributed by atoms with Crippen molar-refractivity contribution in [1.82, 2.24) is 0 Å². The lowest BCUT2D eigenvalue weighted by atomic mass is 10.1. The van der Waals surface area contributed by atoms with Gasteiger partial charge in [0.15, 0.2) is 0 Å². The molecular formula is C18H18O4. The molecule has 0 N–H and O–H groups in total. The minimum atomic E-state index is -0.390. The molecule has 0 unspecified atom stereocenters. The molecule has 0 atom stereocenters. The van der Waals surface area contributed by atoms with E-state index in [9.17, 15) is 9.59 Å². The quantitative estimate of drug-likeness (QED) is 0.811. The van der Waals surface area contributed by atoms with Crippen molar-refractivity contribution in [3.05, 3.63) is 70.3 Å². The van der Waals surface area contributed by atoms with Crippen LogP contribution in [-0.4, -0.2) is 19.0 Å². The first-order valence-corrected chi connectivity index (χ1v) is 6.93. The van der Waals surface area contributed by atoms with E-state index in [1.807, 2.05) is 26.0 Å². The average Bonchev–Trinajstić information content (AvgIpc) is 2.52. The van der Waals surface area contributed by atoms with E-state index in [4.69, 9.17) is 4.74 Å². The highest BCUT2D eigenvalue weighted by Crippen LogP contribution is 2.13. The summed E-state index contributed by atoms with van der Waals surface area (Å²) in [5, 5.41) is 0. The van der Waals surface area contributed by atoms with Crippen molar-refractivity contribution in [2.45, 2.75) is 20.5 Å². The molecule has 0 radical (unpaired) electrons. The maximum Gasteiger partial charge on any atom is 0.338 e. The van der Waals surface area contributed by atoms with Crippen molar-refractivity contribution < 1.29 is 19.1 Å². The molecule has 2 aromatic rings. The van der Waals surface area contributed by atoms with Gasteiger partial charge < -0.3 is 9.47 Å². The van der Waals surface area contributed by atoms with Gasteiger partial charge in [0.25, 0.3) is 0 Å². The summed E-state index contributed by atoms with van der Waals surface area (Å²) >= 11 is 0. The van der Waals surface area contributed by atoms with Crippen LogP contribution in [0, 0.1) is 13.8 Å². The number of hydrogen-bond donors (Lipinski definition) is 0. The van der Waals surface area contributed by atoms with E-state index in [2.05, 4.69) is 4.74 Å². The molecule has 0 aromatic heterocycles. The third kappa shape index (κ3) is 3.73. The van der Waals surface area contributed by atoms with Crippen LogP contribution in [0.5, 0.6) is 0 Å². The first kappa shape index (κ1) is 15.8. The number of esters is 2. The molecule has 0 saturated carbocycles. The molecule has 0 spiro atoms. The predicted molar refractivity (Wildman–Crippen MR) is 82.8 cm³/mol. The van der Waals surface area contributed by atoms with E-state index in [1.54, 1.807) is 30.3 Å². The number of ether oxygens (including phenoxy) is 2. The van der Waals surface area contributed by atoms with Gasteiger partial charge in [0.1, 0.15) is 6.61 Å². The fraction of sp³-hybridized carbons (Fsp3) is 0.222. The van der Waals surface area contributed by atoms with E-state index in [0.29, 0.717) is 11.1 Å². The van der Waals surface area contributed by atoms with Crippen molar-refractivity contribution in [2.24, 2.45) is 0 Å². The monoisotopic (exact) mass is 298 g/mol. The predicted octanol–water partition coefficient (Wildman–Crippen LogP) is 3.45. The van der Waals surface area contributed by atoms with E-state index >= 15 is 0 Å². The largest absolute Gasteiger partial charge is 0.465 e. The van der Waals surface area contributed by atoms with Gasteiger partial charge in [0.05, 0.1) is 18.2 Å². The summed E-state index contributed by atoms with van der Waals surface area (Å²) in [6.07, 6.45) is 0. The number of aryl methyl sites for hydroxylation is 2. The van der Waals surface area contributed by atoms with Gasteiger partial charge in [0.2, 0.25) is 0 Å². The van der Waals surface area contributed by atoms with Crippen molar-refractivity contribution in [3.8, 4) is 0 Å². The maximum absolute atomic E-state index is 12.1. The molecular weight excluding hydrogens is 280 g/mol. The molecule has 0 saturated heterocycles. The van der Waals surface area contributed by atoms with Crippen LogP contribution in [0.2, 0.25) is 0 Å². The van der Waals surface area contributed by atoms with E-state index in [1.165, 1.54) is 7.11 Å². The van der Waals surface area contributed by atoms with Crippen LogP contribution < -0.4 is 0 Å². The molecule has 0 aliphatic carbocycles. The summed E-state index contributed by atoms with van der Waals surface area (Å²) in [4.78, 5) is 23.4. The average molecular weight is 298 g/mol. The number of carbonyl (C=O) groups is 2. The summed E-state index contributed by atoms with van der Waals surface area (Å²) < 4.78 is 9.94. The standard InChI is InChI=1S/C18H18O4/c1-12-4-9-16(13(2)10-12)18(20)22-11-14-5-7-15(8-6-14)17(19)21-3/h4-10H,11H2,1-3H3. The highest BCUT2D eigenvalue weighted by Gasteiger charge is 2.11. The van der Waals surface area contributed by atoms with Crippen molar-refractivity contribution in [3.63, 3.8) is 0 Å². The molecule has 0 aliphatic rings. The summed E-state index contributed by atoms with van der Waals surface area (Å²) in [5.41, 5.74) is 3.84. The van der Waals surface area contributed by atoms with Crippen LogP contribution in [-0.2, 0) is 16.1 Å². The fourth-order valence-electron chi connectivity index (χ4n) is 2.12. The Kier molecular flexibility index (Phi) is 4.94. The molecule has 4 heteroatoms. The topological polar surface area (TPSA) is 52.6 Å². The Balaban J connectivity index is 2.00. The van der Waals surface area contributed by atoms with Crippen LogP contribution in [0.1, 0.15) is 37.4 Å². The van der Waals surface area contributed by atoms with Crippen molar-refractivity contribution in [1.29, 1.82) is 0 Å². The Morgan fingerprint density at radius 2 is 1.64 bits per heavy atom. The molecule has 0 amide bonds. The molecule has 2 aromatic carbocycles. The first-order valence-electron chi connectivity index (χ1n) is 6.93. The Morgan fingerprint density at radius 3 is 2.23 bits per heavy atom. The normalized spacial score (nSPS) is 10.1. The zero-order valence-corrected chi connectivity index (χ0v) is 12.9. The minimum absolute atomic E-state index is 0.160. The van der Waals surface area contributed by atoms with Gasteiger partial charge in [0, 0.05) is 0 Å². The van der Waals surface area contributed by atoms with Crippen LogP contribution in [0.15, 0.2) is 42.5 Å². The number of hydrogen-bond acceptors (Lipinski definition) is 4. The molecule has 22 heavy (non-hydrogen) atoms. The van der Waals surface area contributed by atoms with Crippen LogP contribution in [0.3, 0.4) is 0 Å². The van der Waals surface area contributed by atoms with E-state index in [-0.39, 0.29) is 18.5 Å². The maximum atomic E-state index is 12.1. The summed E-state index contributed by atoms with van der Waals surface area (Å²) in [6, 6.07) is 12.4. The van der Waals surface area contributed by atoms with Gasteiger partial charge in [-0.25, -0.2) is 9.59 Å². The Morgan fingerprint density at radius 1 is 0.955 bits per heavy atom. The number of rotatable bonds is 4. The molecule has 2 rings (SSSR count). The van der Waals surface area contributed by atoms with Gasteiger partial charge in [-0.1, -0.05) is 29.8 Å². The van der Waals surface area contributed by atoms with Crippen LogP contribution in [0.4, 0.5) is 0 Å². The molecule has 4 nitrogen and oxygen atoms in total. The van der Waals surface area contributed by atoms with Gasteiger partial charge in [-0.05, 0) is 43.2 Å². The third-order valence-corrected chi connectivity index (χ3v) is 3.35. The van der Waals surface area contributed by atoms with E-state index in [0.717, 1.165) is 16.7 Å². The lowest BCUT2D eigenvalue weighted by molar-refractivity contribution is 0.0470.